The Morgan fingerprint density at radius 1 is 0.660 bits per heavy atom. The maximum absolute atomic E-state index is 12.1. The van der Waals surface area contributed by atoms with Crippen molar-refractivity contribution in [1.82, 2.24) is 4.57 Å². The Morgan fingerprint density at radius 2 is 1.23 bits per heavy atom. The molecule has 4 aromatic rings. The van der Waals surface area contributed by atoms with Gasteiger partial charge in [-0.3, -0.25) is 4.18 Å². The number of aromatic nitrogens is 1. The van der Waals surface area contributed by atoms with Crippen molar-refractivity contribution in [3.63, 3.8) is 0 Å². The molecular formula is C37H41N3O6S. The van der Waals surface area contributed by atoms with E-state index in [1.165, 1.54) is 17.7 Å². The van der Waals surface area contributed by atoms with Gasteiger partial charge in [-0.1, -0.05) is 54.1 Å². The molecule has 0 aliphatic rings. The molecule has 0 bridgehead atoms. The highest BCUT2D eigenvalue weighted by atomic mass is 32.2. The largest absolute Gasteiger partial charge is 0.379 e. The number of nitrogens with zero attached hydrogens (tertiary/aromatic N) is 3. The summed E-state index contributed by atoms with van der Waals surface area (Å²) in [6.07, 6.45) is 1.79. The highest BCUT2D eigenvalue weighted by Crippen LogP contribution is 2.32. The maximum Gasteiger partial charge on any atom is 0.297 e. The van der Waals surface area contributed by atoms with E-state index in [4.69, 9.17) is 23.7 Å². The second-order valence-corrected chi connectivity index (χ2v) is 12.8. The highest BCUT2D eigenvalue weighted by Gasteiger charge is 2.19. The van der Waals surface area contributed by atoms with Gasteiger partial charge in [-0.05, 0) is 74.6 Å². The number of hydrogen-bond donors (Lipinski definition) is 0. The van der Waals surface area contributed by atoms with Crippen LogP contribution in [0.5, 0.6) is 0 Å². The second kappa shape index (κ2) is 17.6. The predicted molar refractivity (Wildman–Crippen MR) is 179 cm³/mol. The van der Waals surface area contributed by atoms with Gasteiger partial charge in [0.1, 0.15) is 6.07 Å². The fourth-order valence-electron chi connectivity index (χ4n) is 5.21. The zero-order chi connectivity index (χ0) is 33.6. The first-order valence-electron chi connectivity index (χ1n) is 15.6. The quantitative estimate of drug-likeness (QED) is 0.0909. The first-order valence-corrected chi connectivity index (χ1v) is 17.0. The highest BCUT2D eigenvalue weighted by molar-refractivity contribution is 7.86. The molecule has 0 saturated carbocycles. The minimum absolute atomic E-state index is 0.0560. The molecule has 47 heavy (non-hydrogen) atoms. The van der Waals surface area contributed by atoms with Crippen molar-refractivity contribution in [1.29, 1.82) is 10.5 Å². The van der Waals surface area contributed by atoms with Gasteiger partial charge < -0.3 is 18.8 Å². The van der Waals surface area contributed by atoms with Crippen LogP contribution in [0.15, 0.2) is 77.7 Å². The molecular weight excluding hydrogens is 614 g/mol. The molecule has 1 aromatic heterocycles. The van der Waals surface area contributed by atoms with Gasteiger partial charge in [0.15, 0.2) is 0 Å². The van der Waals surface area contributed by atoms with E-state index in [1.807, 2.05) is 32.9 Å². The molecule has 246 valence electrons. The van der Waals surface area contributed by atoms with E-state index in [0.29, 0.717) is 50.7 Å². The Kier molecular flexibility index (Phi) is 13.3. The van der Waals surface area contributed by atoms with E-state index >= 15 is 0 Å². The number of hydrogen-bond acceptors (Lipinski definition) is 8. The Hall–Kier alpha value is -4.29. The van der Waals surface area contributed by atoms with Crippen LogP contribution in [0.2, 0.25) is 0 Å². The third-order valence-corrected chi connectivity index (χ3v) is 9.16. The molecule has 1 heterocycles. The van der Waals surface area contributed by atoms with Crippen LogP contribution in [0.3, 0.4) is 0 Å². The van der Waals surface area contributed by atoms with Gasteiger partial charge in [0.25, 0.3) is 10.1 Å². The van der Waals surface area contributed by atoms with Crippen molar-refractivity contribution in [3.05, 3.63) is 112 Å². The Bertz CT molecular complexity index is 1780. The summed E-state index contributed by atoms with van der Waals surface area (Å²) in [6, 6.07) is 26.9. The molecule has 0 spiro atoms. The minimum Gasteiger partial charge on any atom is -0.379 e. The Morgan fingerprint density at radius 3 is 1.83 bits per heavy atom. The minimum atomic E-state index is -3.78. The number of rotatable bonds is 18. The van der Waals surface area contributed by atoms with Crippen LogP contribution in [0.4, 0.5) is 0 Å². The third-order valence-electron chi connectivity index (χ3n) is 7.84. The van der Waals surface area contributed by atoms with Crippen molar-refractivity contribution in [2.45, 2.75) is 45.1 Å². The van der Waals surface area contributed by atoms with Crippen molar-refractivity contribution in [2.24, 2.45) is 0 Å². The van der Waals surface area contributed by atoms with Crippen LogP contribution in [-0.2, 0) is 41.5 Å². The smallest absolute Gasteiger partial charge is 0.297 e. The zero-order valence-corrected chi connectivity index (χ0v) is 28.0. The number of benzene rings is 3. The fraction of sp³-hybridized carbons (Fsp3) is 0.351. The summed E-state index contributed by atoms with van der Waals surface area (Å²) in [5.74, 6) is 0. The molecule has 0 atom stereocenters. The summed E-state index contributed by atoms with van der Waals surface area (Å²) in [4.78, 5) is 0.131. The Balaban J connectivity index is 1.09. The van der Waals surface area contributed by atoms with E-state index in [0.717, 1.165) is 46.5 Å². The molecule has 0 fully saturated rings. The lowest BCUT2D eigenvalue weighted by Gasteiger charge is -2.11. The topological polar surface area (TPSA) is 124 Å². The molecule has 4 rings (SSSR count). The molecule has 3 aromatic carbocycles. The molecule has 0 aliphatic heterocycles. The summed E-state index contributed by atoms with van der Waals surface area (Å²) in [7, 11) is -3.78. The molecule has 0 unspecified atom stereocenters. The number of ether oxygens (including phenoxy) is 3. The number of nitriles is 2. The molecule has 0 amide bonds. The fourth-order valence-corrected chi connectivity index (χ4v) is 6.10. The number of aryl methyl sites for hydroxylation is 2. The van der Waals surface area contributed by atoms with Crippen LogP contribution in [-0.4, -0.2) is 59.2 Å². The summed E-state index contributed by atoms with van der Waals surface area (Å²) in [6.45, 7) is 8.97. The third kappa shape index (κ3) is 10.1. The summed E-state index contributed by atoms with van der Waals surface area (Å²) in [5, 5.41) is 19.0. The van der Waals surface area contributed by atoms with Crippen molar-refractivity contribution >= 4 is 10.1 Å². The maximum atomic E-state index is 12.1. The molecule has 9 nitrogen and oxygen atoms in total. The van der Waals surface area contributed by atoms with Gasteiger partial charge in [0.05, 0.1) is 61.7 Å². The van der Waals surface area contributed by atoms with Crippen molar-refractivity contribution in [2.75, 3.05) is 46.2 Å². The summed E-state index contributed by atoms with van der Waals surface area (Å²) in [5.41, 5.74) is 8.43. The average Bonchev–Trinajstić information content (AvgIpc) is 3.31. The van der Waals surface area contributed by atoms with Gasteiger partial charge in [-0.15, -0.1) is 0 Å². The first-order chi connectivity index (χ1) is 22.7. The van der Waals surface area contributed by atoms with E-state index in [-0.39, 0.29) is 18.1 Å². The van der Waals surface area contributed by atoms with E-state index in [1.54, 1.807) is 24.3 Å². The van der Waals surface area contributed by atoms with Gasteiger partial charge in [-0.2, -0.15) is 18.9 Å². The van der Waals surface area contributed by atoms with Crippen LogP contribution >= 0.6 is 0 Å². The zero-order valence-electron chi connectivity index (χ0n) is 27.2. The van der Waals surface area contributed by atoms with Crippen molar-refractivity contribution in [3.8, 4) is 23.3 Å². The van der Waals surface area contributed by atoms with Crippen LogP contribution in [0.25, 0.3) is 11.1 Å². The van der Waals surface area contributed by atoms with Gasteiger partial charge in [0.2, 0.25) is 0 Å². The molecule has 0 N–H and O–H groups in total. The SMILES string of the molecule is Cc1ccc(S(=O)(=O)OCCOCCOCCOCCCc2ccc(Cn3c(C)c(C#N)c(-c4ccc(C#N)cc4)c3C)cc2)cc1. The van der Waals surface area contributed by atoms with E-state index in [2.05, 4.69) is 41.0 Å². The normalized spacial score (nSPS) is 11.3. The standard InChI is InChI=1S/C37H41N3O6S/c1-28-6-16-35(17-7-28)47(41,42)46-24-23-45-22-21-44-20-19-43-18-4-5-31-8-10-33(11-9-31)27-40-29(2)36(26-39)37(30(40)3)34-14-12-32(25-38)13-15-34/h6-17H,4-5,18-24,27H2,1-3H3. The molecule has 0 radical (unpaired) electrons. The van der Waals surface area contributed by atoms with Crippen molar-refractivity contribution < 1.29 is 26.8 Å². The van der Waals surface area contributed by atoms with Gasteiger partial charge >= 0.3 is 0 Å². The molecule has 0 saturated heterocycles. The summed E-state index contributed by atoms with van der Waals surface area (Å²) < 4.78 is 48.1. The van der Waals surface area contributed by atoms with Crippen LogP contribution in [0.1, 0.15) is 45.6 Å². The van der Waals surface area contributed by atoms with E-state index < -0.39 is 10.1 Å². The van der Waals surface area contributed by atoms with Crippen LogP contribution < -0.4 is 0 Å². The van der Waals surface area contributed by atoms with Gasteiger partial charge in [-0.25, -0.2) is 0 Å². The Labute approximate surface area is 278 Å². The molecule has 10 heteroatoms. The lowest BCUT2D eigenvalue weighted by molar-refractivity contribution is 0.00938. The van der Waals surface area contributed by atoms with E-state index in [9.17, 15) is 13.7 Å². The van der Waals surface area contributed by atoms with Crippen LogP contribution in [0, 0.1) is 43.4 Å². The first kappa shape index (κ1) is 35.6. The average molecular weight is 656 g/mol. The lowest BCUT2D eigenvalue weighted by atomic mass is 10.0. The molecule has 0 aliphatic carbocycles. The summed E-state index contributed by atoms with van der Waals surface area (Å²) >= 11 is 0. The predicted octanol–water partition coefficient (Wildman–Crippen LogP) is 6.26. The van der Waals surface area contributed by atoms with Gasteiger partial charge in [0, 0.05) is 30.1 Å². The lowest BCUT2D eigenvalue weighted by Crippen LogP contribution is -2.14. The second-order valence-electron chi connectivity index (χ2n) is 11.2. The monoisotopic (exact) mass is 655 g/mol.